The number of benzene rings is 1. The first-order valence-corrected chi connectivity index (χ1v) is 4.82. The van der Waals surface area contributed by atoms with Crippen molar-refractivity contribution in [2.45, 2.75) is 13.8 Å². The molecule has 0 aliphatic heterocycles. The molecule has 15 heavy (non-hydrogen) atoms. The summed E-state index contributed by atoms with van der Waals surface area (Å²) in [5.41, 5.74) is 1.62. The highest BCUT2D eigenvalue weighted by Crippen LogP contribution is 2.07. The minimum Gasteiger partial charge on any atom is -0.490 e. The van der Waals surface area contributed by atoms with Gasteiger partial charge in [-0.15, -0.1) is 0 Å². The summed E-state index contributed by atoms with van der Waals surface area (Å²) < 4.78 is 5.41. The minimum atomic E-state index is -1.45. The molecule has 0 fully saturated rings. The number of hydrogen-bond donors (Lipinski definition) is 2. The Balaban J connectivity index is 2.62. The van der Waals surface area contributed by atoms with E-state index in [1.165, 1.54) is 5.57 Å². The van der Waals surface area contributed by atoms with Crippen LogP contribution in [0.25, 0.3) is 0 Å². The van der Waals surface area contributed by atoms with Crippen LogP contribution < -0.4 is 10.2 Å². The van der Waals surface area contributed by atoms with Gasteiger partial charge in [-0.2, -0.15) is 0 Å². The van der Waals surface area contributed by atoms with E-state index in [1.54, 1.807) is 24.3 Å². The number of rotatable bonds is 4. The van der Waals surface area contributed by atoms with Crippen LogP contribution >= 0.6 is 0 Å². The van der Waals surface area contributed by atoms with Gasteiger partial charge in [-0.25, -0.2) is 0 Å². The Bertz CT molecular complexity index is 343. The van der Waals surface area contributed by atoms with E-state index in [2.05, 4.69) is 0 Å². The maximum Gasteiger partial charge on any atom is 0.488 e. The lowest BCUT2D eigenvalue weighted by molar-refractivity contribution is 0.362. The second kappa shape index (κ2) is 5.58. The fourth-order valence-electron chi connectivity index (χ4n) is 1.07. The first kappa shape index (κ1) is 11.8. The molecule has 1 aromatic rings. The number of allylic oxidation sites excluding steroid dienone is 1. The van der Waals surface area contributed by atoms with Gasteiger partial charge in [0.15, 0.2) is 0 Å². The largest absolute Gasteiger partial charge is 0.490 e. The van der Waals surface area contributed by atoms with Crippen molar-refractivity contribution in [3.63, 3.8) is 0 Å². The van der Waals surface area contributed by atoms with Crippen LogP contribution in [0.3, 0.4) is 0 Å². The van der Waals surface area contributed by atoms with Crippen LogP contribution in [0.1, 0.15) is 13.8 Å². The van der Waals surface area contributed by atoms with Crippen LogP contribution in [-0.4, -0.2) is 23.8 Å². The first-order valence-electron chi connectivity index (χ1n) is 4.82. The van der Waals surface area contributed by atoms with Gasteiger partial charge in [0.05, 0.1) is 0 Å². The van der Waals surface area contributed by atoms with Crippen molar-refractivity contribution in [3.8, 4) is 5.75 Å². The summed E-state index contributed by atoms with van der Waals surface area (Å²) in [5, 5.41) is 17.9. The Morgan fingerprint density at radius 3 is 2.73 bits per heavy atom. The molecule has 0 spiro atoms. The molecule has 0 saturated heterocycles. The highest BCUT2D eigenvalue weighted by Gasteiger charge is 2.10. The van der Waals surface area contributed by atoms with Gasteiger partial charge in [0.2, 0.25) is 0 Å². The quantitative estimate of drug-likeness (QED) is 0.563. The average molecular weight is 206 g/mol. The van der Waals surface area contributed by atoms with Gasteiger partial charge in [-0.05, 0) is 37.5 Å². The number of hydrogen-bond acceptors (Lipinski definition) is 3. The maximum absolute atomic E-state index is 8.95. The van der Waals surface area contributed by atoms with Gasteiger partial charge < -0.3 is 14.8 Å². The number of ether oxygens (including phenoxy) is 1. The molecular weight excluding hydrogens is 191 g/mol. The molecule has 1 rings (SSSR count). The van der Waals surface area contributed by atoms with Gasteiger partial charge in [0.25, 0.3) is 0 Å². The zero-order valence-corrected chi connectivity index (χ0v) is 8.97. The molecule has 3 nitrogen and oxygen atoms in total. The highest BCUT2D eigenvalue weighted by molar-refractivity contribution is 6.58. The fraction of sp³-hybridized carbons (Fsp3) is 0.273. The van der Waals surface area contributed by atoms with Gasteiger partial charge in [-0.3, -0.25) is 0 Å². The molecule has 4 heteroatoms. The van der Waals surface area contributed by atoms with E-state index in [4.69, 9.17) is 14.8 Å². The van der Waals surface area contributed by atoms with Crippen molar-refractivity contribution in [3.05, 3.63) is 35.9 Å². The SMILES string of the molecule is CC(C)=CCOc1cccc(B(O)O)c1. The summed E-state index contributed by atoms with van der Waals surface area (Å²) in [4.78, 5) is 0. The predicted octanol–water partition coefficient (Wildman–Crippen LogP) is 0.711. The van der Waals surface area contributed by atoms with Gasteiger partial charge in [-0.1, -0.05) is 17.7 Å². The van der Waals surface area contributed by atoms with E-state index in [1.807, 2.05) is 19.9 Å². The third kappa shape index (κ3) is 4.19. The lowest BCUT2D eigenvalue weighted by atomic mass is 9.80. The molecule has 0 heterocycles. The third-order valence-electron chi connectivity index (χ3n) is 1.90. The van der Waals surface area contributed by atoms with Crippen LogP contribution in [-0.2, 0) is 0 Å². The molecule has 0 amide bonds. The summed E-state index contributed by atoms with van der Waals surface area (Å²) in [7, 11) is -1.45. The molecule has 0 radical (unpaired) electrons. The maximum atomic E-state index is 8.95. The Labute approximate surface area is 90.2 Å². The van der Waals surface area contributed by atoms with Crippen molar-refractivity contribution in [2.24, 2.45) is 0 Å². The van der Waals surface area contributed by atoms with E-state index < -0.39 is 7.12 Å². The van der Waals surface area contributed by atoms with E-state index in [-0.39, 0.29) is 0 Å². The zero-order valence-electron chi connectivity index (χ0n) is 8.97. The average Bonchev–Trinajstić information content (AvgIpc) is 2.17. The molecule has 0 bridgehead atoms. The fourth-order valence-corrected chi connectivity index (χ4v) is 1.07. The van der Waals surface area contributed by atoms with Gasteiger partial charge in [0.1, 0.15) is 12.4 Å². The molecular formula is C11H15BO3. The van der Waals surface area contributed by atoms with Gasteiger partial charge in [0, 0.05) is 0 Å². The van der Waals surface area contributed by atoms with Crippen molar-refractivity contribution < 1.29 is 14.8 Å². The molecule has 0 saturated carbocycles. The monoisotopic (exact) mass is 206 g/mol. The van der Waals surface area contributed by atoms with E-state index in [9.17, 15) is 0 Å². The summed E-state index contributed by atoms with van der Waals surface area (Å²) >= 11 is 0. The summed E-state index contributed by atoms with van der Waals surface area (Å²) in [6, 6.07) is 6.76. The lowest BCUT2D eigenvalue weighted by Crippen LogP contribution is -2.29. The van der Waals surface area contributed by atoms with Crippen LogP contribution in [0.15, 0.2) is 35.9 Å². The third-order valence-corrected chi connectivity index (χ3v) is 1.90. The molecule has 0 aromatic heterocycles. The molecule has 80 valence electrons. The predicted molar refractivity (Wildman–Crippen MR) is 61.2 cm³/mol. The van der Waals surface area contributed by atoms with E-state index >= 15 is 0 Å². The molecule has 0 aliphatic rings. The second-order valence-corrected chi connectivity index (χ2v) is 3.54. The lowest BCUT2D eigenvalue weighted by Gasteiger charge is -2.05. The van der Waals surface area contributed by atoms with E-state index in [0.717, 1.165) is 0 Å². The van der Waals surface area contributed by atoms with Crippen molar-refractivity contribution in [1.82, 2.24) is 0 Å². The summed E-state index contributed by atoms with van der Waals surface area (Å²) in [6.07, 6.45) is 1.96. The molecule has 0 atom stereocenters. The second-order valence-electron chi connectivity index (χ2n) is 3.54. The summed E-state index contributed by atoms with van der Waals surface area (Å²) in [6.45, 7) is 4.49. The summed E-state index contributed by atoms with van der Waals surface area (Å²) in [5.74, 6) is 0.637. The van der Waals surface area contributed by atoms with Crippen molar-refractivity contribution in [2.75, 3.05) is 6.61 Å². The normalized spacial score (nSPS) is 9.60. The minimum absolute atomic E-state index is 0.435. The topological polar surface area (TPSA) is 49.7 Å². The van der Waals surface area contributed by atoms with E-state index in [0.29, 0.717) is 17.8 Å². The van der Waals surface area contributed by atoms with Crippen molar-refractivity contribution in [1.29, 1.82) is 0 Å². The highest BCUT2D eigenvalue weighted by atomic mass is 16.5. The Morgan fingerprint density at radius 1 is 1.40 bits per heavy atom. The Morgan fingerprint density at radius 2 is 2.13 bits per heavy atom. The van der Waals surface area contributed by atoms with Gasteiger partial charge >= 0.3 is 7.12 Å². The zero-order chi connectivity index (χ0) is 11.3. The standard InChI is InChI=1S/C11H15BO3/c1-9(2)6-7-15-11-5-3-4-10(8-11)12(13)14/h3-6,8,13-14H,7H2,1-2H3. The van der Waals surface area contributed by atoms with Crippen LogP contribution in [0, 0.1) is 0 Å². The van der Waals surface area contributed by atoms with Crippen molar-refractivity contribution >= 4 is 12.6 Å². The Kier molecular flexibility index (Phi) is 4.40. The van der Waals surface area contributed by atoms with Crippen LogP contribution in [0.5, 0.6) is 5.75 Å². The molecule has 1 aromatic carbocycles. The van der Waals surface area contributed by atoms with Crippen LogP contribution in [0.4, 0.5) is 0 Å². The molecule has 0 unspecified atom stereocenters. The molecule has 0 aliphatic carbocycles. The molecule has 2 N–H and O–H groups in total. The smallest absolute Gasteiger partial charge is 0.488 e. The first-order chi connectivity index (χ1) is 7.09. The Hall–Kier alpha value is -1.26. The van der Waals surface area contributed by atoms with Crippen LogP contribution in [0.2, 0.25) is 0 Å².